The summed E-state index contributed by atoms with van der Waals surface area (Å²) < 4.78 is 0. The van der Waals surface area contributed by atoms with Gasteiger partial charge in [-0.2, -0.15) is 0 Å². The molecule has 22 heavy (non-hydrogen) atoms. The summed E-state index contributed by atoms with van der Waals surface area (Å²) in [5.41, 5.74) is 13.6. The first kappa shape index (κ1) is 16.4. The summed E-state index contributed by atoms with van der Waals surface area (Å²) >= 11 is 0. The third kappa shape index (κ3) is 4.49. The van der Waals surface area contributed by atoms with Crippen LogP contribution in [0.25, 0.3) is 6.08 Å². The maximum atomic E-state index is 5.73. The lowest BCUT2D eigenvalue weighted by Gasteiger charge is -2.08. The molecule has 0 spiro atoms. The molecule has 116 valence electrons. The maximum absolute atomic E-state index is 5.73. The van der Waals surface area contributed by atoms with Gasteiger partial charge in [0.15, 0.2) is 0 Å². The zero-order valence-electron chi connectivity index (χ0n) is 14.0. The molecule has 0 bridgehead atoms. The van der Waals surface area contributed by atoms with Crippen molar-refractivity contribution in [2.24, 2.45) is 0 Å². The second kappa shape index (κ2) is 7.84. The van der Waals surface area contributed by atoms with Gasteiger partial charge in [0.25, 0.3) is 0 Å². The highest BCUT2D eigenvalue weighted by Gasteiger charge is 2.01. The van der Waals surface area contributed by atoms with E-state index in [9.17, 15) is 0 Å². The molecule has 2 N–H and O–H groups in total. The monoisotopic (exact) mass is 293 g/mol. The number of rotatable bonds is 6. The summed E-state index contributed by atoms with van der Waals surface area (Å²) in [4.78, 5) is 0. The van der Waals surface area contributed by atoms with Crippen LogP contribution in [0.4, 0.5) is 5.69 Å². The minimum Gasteiger partial charge on any atom is -0.399 e. The minimum atomic E-state index is 0.833. The normalized spacial score (nSPS) is 11.7. The molecule has 0 unspecified atom stereocenters. The van der Waals surface area contributed by atoms with E-state index in [1.807, 2.05) is 12.1 Å². The molecule has 2 aromatic rings. The second-order valence-corrected chi connectivity index (χ2v) is 5.97. The lowest BCUT2D eigenvalue weighted by molar-refractivity contribution is 0.947. The highest BCUT2D eigenvalue weighted by Crippen LogP contribution is 2.19. The average molecular weight is 293 g/mol. The van der Waals surface area contributed by atoms with E-state index in [1.54, 1.807) is 0 Å². The van der Waals surface area contributed by atoms with E-state index in [2.05, 4.69) is 57.2 Å². The van der Waals surface area contributed by atoms with Crippen LogP contribution in [0.5, 0.6) is 0 Å². The van der Waals surface area contributed by atoms with Crippen molar-refractivity contribution >= 4 is 11.8 Å². The molecular formula is C21H27N. The van der Waals surface area contributed by atoms with Crippen LogP contribution in [0.3, 0.4) is 0 Å². The van der Waals surface area contributed by atoms with Crippen LogP contribution in [-0.2, 0) is 19.3 Å². The number of hydrogen-bond donors (Lipinski definition) is 1. The van der Waals surface area contributed by atoms with Crippen LogP contribution in [0.15, 0.2) is 48.0 Å². The van der Waals surface area contributed by atoms with E-state index < -0.39 is 0 Å². The molecule has 0 amide bonds. The summed E-state index contributed by atoms with van der Waals surface area (Å²) in [6.45, 7) is 6.67. The molecule has 0 saturated heterocycles. The molecule has 0 heterocycles. The Morgan fingerprint density at radius 1 is 0.955 bits per heavy atom. The van der Waals surface area contributed by atoms with Gasteiger partial charge in [-0.15, -0.1) is 0 Å². The second-order valence-electron chi connectivity index (χ2n) is 5.97. The Kier molecular flexibility index (Phi) is 5.83. The molecule has 0 aliphatic heterocycles. The average Bonchev–Trinajstić information content (AvgIpc) is 2.54. The number of allylic oxidation sites excluding steroid dienone is 1. The van der Waals surface area contributed by atoms with E-state index in [0.29, 0.717) is 0 Å². The van der Waals surface area contributed by atoms with Gasteiger partial charge in [-0.25, -0.2) is 0 Å². The van der Waals surface area contributed by atoms with Gasteiger partial charge in [0, 0.05) is 5.69 Å². The van der Waals surface area contributed by atoms with Crippen molar-refractivity contribution in [2.45, 2.75) is 46.5 Å². The van der Waals surface area contributed by atoms with Crippen molar-refractivity contribution in [2.75, 3.05) is 5.73 Å². The zero-order chi connectivity index (χ0) is 15.9. The van der Waals surface area contributed by atoms with Crippen LogP contribution in [-0.4, -0.2) is 0 Å². The summed E-state index contributed by atoms with van der Waals surface area (Å²) in [5.74, 6) is 0. The Labute approximate surface area is 134 Å². The van der Waals surface area contributed by atoms with Gasteiger partial charge in [-0.3, -0.25) is 0 Å². The topological polar surface area (TPSA) is 26.0 Å². The third-order valence-electron chi connectivity index (χ3n) is 4.19. The van der Waals surface area contributed by atoms with Crippen LogP contribution in [0.2, 0.25) is 0 Å². The molecule has 2 aromatic carbocycles. The lowest BCUT2D eigenvalue weighted by atomic mass is 9.97. The predicted octanol–water partition coefficient (Wildman–Crippen LogP) is 5.43. The number of benzene rings is 2. The molecular weight excluding hydrogens is 266 g/mol. The molecule has 0 saturated carbocycles. The molecule has 0 atom stereocenters. The Balaban J connectivity index is 2.06. The molecule has 0 radical (unpaired) electrons. The van der Waals surface area contributed by atoms with Crippen LogP contribution in [0.1, 0.15) is 49.4 Å². The predicted molar refractivity (Wildman–Crippen MR) is 98.0 cm³/mol. The van der Waals surface area contributed by atoms with Crippen LogP contribution >= 0.6 is 0 Å². The van der Waals surface area contributed by atoms with Crippen molar-refractivity contribution in [1.29, 1.82) is 0 Å². The fourth-order valence-corrected chi connectivity index (χ4v) is 2.69. The molecule has 0 aliphatic rings. The van der Waals surface area contributed by atoms with Gasteiger partial charge >= 0.3 is 0 Å². The Morgan fingerprint density at radius 3 is 2.27 bits per heavy atom. The smallest absolute Gasteiger partial charge is 0.0314 e. The van der Waals surface area contributed by atoms with E-state index in [-0.39, 0.29) is 0 Å². The number of anilines is 1. The van der Waals surface area contributed by atoms with E-state index in [4.69, 9.17) is 5.73 Å². The molecule has 0 fully saturated rings. The van der Waals surface area contributed by atoms with Gasteiger partial charge in [-0.05, 0) is 67.0 Å². The quantitative estimate of drug-likeness (QED) is 0.706. The summed E-state index contributed by atoms with van der Waals surface area (Å²) in [6.07, 6.45) is 6.69. The van der Waals surface area contributed by atoms with Crippen molar-refractivity contribution < 1.29 is 0 Å². The highest BCUT2D eigenvalue weighted by molar-refractivity contribution is 5.57. The SMILES string of the molecule is CCc1ccc(/C=C(\C)CCc2ccc(N)cc2)c(CC)c1. The molecule has 1 nitrogen and oxygen atoms in total. The van der Waals surface area contributed by atoms with Crippen LogP contribution < -0.4 is 5.73 Å². The first-order valence-electron chi connectivity index (χ1n) is 8.25. The number of nitrogen functional groups attached to an aromatic ring is 1. The molecule has 0 aromatic heterocycles. The fraction of sp³-hybridized carbons (Fsp3) is 0.333. The largest absolute Gasteiger partial charge is 0.399 e. The van der Waals surface area contributed by atoms with Crippen molar-refractivity contribution in [3.8, 4) is 0 Å². The minimum absolute atomic E-state index is 0.833. The Hall–Kier alpha value is -2.02. The van der Waals surface area contributed by atoms with Gasteiger partial charge in [0.2, 0.25) is 0 Å². The molecule has 2 rings (SSSR count). The van der Waals surface area contributed by atoms with Gasteiger partial charge < -0.3 is 5.73 Å². The molecule has 1 heteroatoms. The van der Waals surface area contributed by atoms with E-state index in [0.717, 1.165) is 31.4 Å². The summed E-state index contributed by atoms with van der Waals surface area (Å²) in [5, 5.41) is 0. The van der Waals surface area contributed by atoms with Crippen molar-refractivity contribution in [3.63, 3.8) is 0 Å². The summed E-state index contributed by atoms with van der Waals surface area (Å²) in [6, 6.07) is 15.1. The van der Waals surface area contributed by atoms with Gasteiger partial charge in [0.1, 0.15) is 0 Å². The lowest BCUT2D eigenvalue weighted by Crippen LogP contribution is -1.92. The maximum Gasteiger partial charge on any atom is 0.0314 e. The number of aryl methyl sites for hydroxylation is 3. The van der Waals surface area contributed by atoms with E-state index in [1.165, 1.54) is 27.8 Å². The Bertz CT molecular complexity index is 635. The summed E-state index contributed by atoms with van der Waals surface area (Å²) in [7, 11) is 0. The van der Waals surface area contributed by atoms with Crippen molar-refractivity contribution in [1.82, 2.24) is 0 Å². The number of nitrogens with two attached hydrogens (primary N) is 1. The van der Waals surface area contributed by atoms with Crippen LogP contribution in [0, 0.1) is 0 Å². The number of hydrogen-bond acceptors (Lipinski definition) is 1. The standard InChI is InChI=1S/C21H27N/c1-4-17-8-11-20(19(5-2)15-17)14-16(3)6-7-18-9-12-21(22)13-10-18/h8-15H,4-7,22H2,1-3H3/b16-14+. The first-order valence-corrected chi connectivity index (χ1v) is 8.25. The first-order chi connectivity index (χ1) is 10.6. The third-order valence-corrected chi connectivity index (χ3v) is 4.19. The zero-order valence-corrected chi connectivity index (χ0v) is 14.0. The van der Waals surface area contributed by atoms with E-state index >= 15 is 0 Å². The van der Waals surface area contributed by atoms with Gasteiger partial charge in [-0.1, -0.05) is 55.8 Å². The highest BCUT2D eigenvalue weighted by atomic mass is 14.5. The van der Waals surface area contributed by atoms with Gasteiger partial charge in [0.05, 0.1) is 0 Å². The fourth-order valence-electron chi connectivity index (χ4n) is 2.69. The molecule has 0 aliphatic carbocycles. The van der Waals surface area contributed by atoms with Crippen molar-refractivity contribution in [3.05, 3.63) is 70.3 Å². The Morgan fingerprint density at radius 2 is 1.64 bits per heavy atom.